The summed E-state index contributed by atoms with van der Waals surface area (Å²) in [6.07, 6.45) is -0.343. The molecule has 0 bridgehead atoms. The van der Waals surface area contributed by atoms with Gasteiger partial charge in [-0.3, -0.25) is 4.79 Å². The van der Waals surface area contributed by atoms with E-state index in [0.717, 1.165) is 5.56 Å². The summed E-state index contributed by atoms with van der Waals surface area (Å²) < 4.78 is 20.2. The maximum Gasteiger partial charge on any atom is 0.513 e. The molecule has 1 atom stereocenters. The van der Waals surface area contributed by atoms with Crippen LogP contribution in [0.15, 0.2) is 42.5 Å². The predicted molar refractivity (Wildman–Crippen MR) is 96.5 cm³/mol. The Morgan fingerprint density at radius 3 is 2.23 bits per heavy atom. The van der Waals surface area contributed by atoms with Gasteiger partial charge in [-0.05, 0) is 23.6 Å². The van der Waals surface area contributed by atoms with E-state index >= 15 is 0 Å². The van der Waals surface area contributed by atoms with Crippen molar-refractivity contribution in [3.63, 3.8) is 0 Å². The molecule has 0 amide bonds. The van der Waals surface area contributed by atoms with Crippen LogP contribution in [0.4, 0.5) is 4.79 Å². The molecule has 6 nitrogen and oxygen atoms in total. The number of carbonyl (C=O) groups is 2. The SMILES string of the molecule is CCC(C(=O)OC)c1cc(OC)cc(OC(=O)OC)c1-c1ccccc1. The minimum Gasteiger partial charge on any atom is -0.497 e. The van der Waals surface area contributed by atoms with E-state index < -0.39 is 12.1 Å². The second-order valence-corrected chi connectivity index (χ2v) is 5.50. The zero-order valence-corrected chi connectivity index (χ0v) is 15.3. The first-order valence-electron chi connectivity index (χ1n) is 8.16. The molecule has 0 radical (unpaired) electrons. The number of carbonyl (C=O) groups excluding carboxylic acids is 2. The molecule has 0 aromatic heterocycles. The fraction of sp³-hybridized carbons (Fsp3) is 0.300. The number of benzene rings is 2. The zero-order chi connectivity index (χ0) is 19.1. The summed E-state index contributed by atoms with van der Waals surface area (Å²) in [6, 6.07) is 12.7. The first-order chi connectivity index (χ1) is 12.5. The summed E-state index contributed by atoms with van der Waals surface area (Å²) in [4.78, 5) is 24.0. The highest BCUT2D eigenvalue weighted by Gasteiger charge is 2.27. The highest BCUT2D eigenvalue weighted by Crippen LogP contribution is 2.42. The Bertz CT molecular complexity index is 769. The standard InChI is InChI=1S/C20H22O6/c1-5-15(19(21)24-3)16-11-14(23-2)12-17(26-20(22)25-4)18(16)13-9-7-6-8-10-13/h6-12,15H,5H2,1-4H3. The molecule has 2 aromatic rings. The van der Waals surface area contributed by atoms with Crippen molar-refractivity contribution in [2.24, 2.45) is 0 Å². The molecule has 26 heavy (non-hydrogen) atoms. The smallest absolute Gasteiger partial charge is 0.497 e. The Balaban J connectivity index is 2.76. The van der Waals surface area contributed by atoms with E-state index in [0.29, 0.717) is 23.3 Å². The normalized spacial score (nSPS) is 11.4. The van der Waals surface area contributed by atoms with Gasteiger partial charge in [-0.15, -0.1) is 0 Å². The summed E-state index contributed by atoms with van der Waals surface area (Å²) in [5.41, 5.74) is 2.07. The van der Waals surface area contributed by atoms with Crippen LogP contribution >= 0.6 is 0 Å². The summed E-state index contributed by atoms with van der Waals surface area (Å²) in [5, 5.41) is 0. The molecule has 0 heterocycles. The number of rotatable bonds is 6. The van der Waals surface area contributed by atoms with Gasteiger partial charge >= 0.3 is 12.1 Å². The molecule has 0 spiro atoms. The van der Waals surface area contributed by atoms with Crippen LogP contribution in [-0.2, 0) is 14.3 Å². The molecule has 0 aliphatic carbocycles. The summed E-state index contributed by atoms with van der Waals surface area (Å²) >= 11 is 0. The van der Waals surface area contributed by atoms with Crippen LogP contribution in [-0.4, -0.2) is 33.5 Å². The molecule has 2 rings (SSSR count). The molecular formula is C20H22O6. The van der Waals surface area contributed by atoms with E-state index in [1.54, 1.807) is 12.1 Å². The second-order valence-electron chi connectivity index (χ2n) is 5.50. The van der Waals surface area contributed by atoms with E-state index in [1.165, 1.54) is 21.3 Å². The summed E-state index contributed by atoms with van der Waals surface area (Å²) in [6.45, 7) is 1.89. The van der Waals surface area contributed by atoms with E-state index in [1.807, 2.05) is 37.3 Å². The summed E-state index contributed by atoms with van der Waals surface area (Å²) in [5.74, 6) is -0.201. The van der Waals surface area contributed by atoms with Crippen LogP contribution in [0.2, 0.25) is 0 Å². The van der Waals surface area contributed by atoms with Gasteiger partial charge in [0.05, 0.1) is 27.2 Å². The van der Waals surface area contributed by atoms with E-state index in [4.69, 9.17) is 14.2 Å². The van der Waals surface area contributed by atoms with E-state index in [2.05, 4.69) is 4.74 Å². The van der Waals surface area contributed by atoms with Gasteiger partial charge in [-0.1, -0.05) is 37.3 Å². The minimum atomic E-state index is -0.854. The molecule has 1 unspecified atom stereocenters. The van der Waals surface area contributed by atoms with Gasteiger partial charge < -0.3 is 18.9 Å². The minimum absolute atomic E-state index is 0.250. The third-order valence-electron chi connectivity index (χ3n) is 4.03. The fourth-order valence-electron chi connectivity index (χ4n) is 2.78. The van der Waals surface area contributed by atoms with Crippen molar-refractivity contribution in [2.45, 2.75) is 19.3 Å². The van der Waals surface area contributed by atoms with Gasteiger partial charge in [-0.2, -0.15) is 0 Å². The van der Waals surface area contributed by atoms with Gasteiger partial charge in [0.25, 0.3) is 0 Å². The maximum atomic E-state index is 12.3. The van der Waals surface area contributed by atoms with Gasteiger partial charge in [0.2, 0.25) is 0 Å². The Kier molecular flexibility index (Phi) is 6.60. The first kappa shape index (κ1) is 19.3. The molecule has 0 saturated carbocycles. The van der Waals surface area contributed by atoms with Crippen molar-refractivity contribution in [3.8, 4) is 22.6 Å². The lowest BCUT2D eigenvalue weighted by Gasteiger charge is -2.21. The predicted octanol–water partition coefficient (Wildman–Crippen LogP) is 4.17. The molecule has 0 saturated heterocycles. The third-order valence-corrected chi connectivity index (χ3v) is 4.03. The van der Waals surface area contributed by atoms with Crippen LogP contribution in [0.3, 0.4) is 0 Å². The third kappa shape index (κ3) is 4.14. The van der Waals surface area contributed by atoms with Crippen molar-refractivity contribution >= 4 is 12.1 Å². The maximum absolute atomic E-state index is 12.3. The molecule has 0 fully saturated rings. The number of hydrogen-bond donors (Lipinski definition) is 0. The number of hydrogen-bond acceptors (Lipinski definition) is 6. The molecule has 2 aromatic carbocycles. The van der Waals surface area contributed by atoms with Gasteiger partial charge in [0.1, 0.15) is 11.5 Å². The number of ether oxygens (including phenoxy) is 4. The van der Waals surface area contributed by atoms with Crippen LogP contribution in [0.1, 0.15) is 24.8 Å². The average Bonchev–Trinajstić information content (AvgIpc) is 2.68. The van der Waals surface area contributed by atoms with Crippen LogP contribution in [0.25, 0.3) is 11.1 Å². The highest BCUT2D eigenvalue weighted by atomic mass is 16.7. The van der Waals surface area contributed by atoms with Gasteiger partial charge in [-0.25, -0.2) is 4.79 Å². The monoisotopic (exact) mass is 358 g/mol. The average molecular weight is 358 g/mol. The van der Waals surface area contributed by atoms with E-state index in [-0.39, 0.29) is 11.7 Å². The Morgan fingerprint density at radius 1 is 1.00 bits per heavy atom. The summed E-state index contributed by atoms with van der Waals surface area (Å²) in [7, 11) is 4.08. The topological polar surface area (TPSA) is 71.1 Å². The molecule has 6 heteroatoms. The van der Waals surface area contributed by atoms with Crippen LogP contribution in [0, 0.1) is 0 Å². The first-order valence-corrected chi connectivity index (χ1v) is 8.16. The lowest BCUT2D eigenvalue weighted by atomic mass is 9.88. The van der Waals surface area contributed by atoms with Crippen molar-refractivity contribution in [1.82, 2.24) is 0 Å². The van der Waals surface area contributed by atoms with Gasteiger partial charge in [0, 0.05) is 11.6 Å². The molecular weight excluding hydrogens is 336 g/mol. The van der Waals surface area contributed by atoms with Crippen LogP contribution in [0.5, 0.6) is 11.5 Å². The molecule has 0 N–H and O–H groups in total. The van der Waals surface area contributed by atoms with Gasteiger partial charge in [0.15, 0.2) is 0 Å². The zero-order valence-electron chi connectivity index (χ0n) is 15.3. The number of esters is 1. The molecule has 138 valence electrons. The van der Waals surface area contributed by atoms with E-state index in [9.17, 15) is 9.59 Å². The fourth-order valence-corrected chi connectivity index (χ4v) is 2.78. The molecule has 0 aliphatic rings. The van der Waals surface area contributed by atoms with Crippen molar-refractivity contribution < 1.29 is 28.5 Å². The van der Waals surface area contributed by atoms with Crippen molar-refractivity contribution in [2.75, 3.05) is 21.3 Å². The number of methoxy groups -OCH3 is 3. The Morgan fingerprint density at radius 2 is 1.69 bits per heavy atom. The lowest BCUT2D eigenvalue weighted by Crippen LogP contribution is -2.16. The quantitative estimate of drug-likeness (QED) is 0.570. The highest BCUT2D eigenvalue weighted by molar-refractivity contribution is 5.86. The Hall–Kier alpha value is -3.02. The van der Waals surface area contributed by atoms with Crippen molar-refractivity contribution in [1.29, 1.82) is 0 Å². The van der Waals surface area contributed by atoms with Crippen molar-refractivity contribution in [3.05, 3.63) is 48.0 Å². The molecule has 0 aliphatic heterocycles. The van der Waals surface area contributed by atoms with Crippen LogP contribution < -0.4 is 9.47 Å². The lowest BCUT2D eigenvalue weighted by molar-refractivity contribution is -0.142. The second kappa shape index (κ2) is 8.89. The Labute approximate surface area is 152 Å². The largest absolute Gasteiger partial charge is 0.513 e.